The first kappa shape index (κ1) is 12.3. The number of benzene rings is 1. The lowest BCUT2D eigenvalue weighted by Crippen LogP contribution is -2.18. The molecule has 96 valence electrons. The second kappa shape index (κ2) is 5.48. The molecule has 0 aliphatic carbocycles. The van der Waals surface area contributed by atoms with Crippen LogP contribution in [0.1, 0.15) is 16.0 Å². The first-order valence-corrected chi connectivity index (χ1v) is 7.25. The standard InChI is InChI=1S/C16H15NOS/c18-9-3-4-13-10-15(19-12-13)11-17-8-7-14-5-1-2-6-16(14)17/h1-2,5-6,10,12,18H,7-9,11H2. The highest BCUT2D eigenvalue weighted by Gasteiger charge is 2.18. The van der Waals surface area contributed by atoms with Crippen molar-refractivity contribution in [1.82, 2.24) is 0 Å². The van der Waals surface area contributed by atoms with Crippen molar-refractivity contribution in [3.8, 4) is 11.8 Å². The lowest BCUT2D eigenvalue weighted by Gasteiger charge is -2.18. The van der Waals surface area contributed by atoms with Crippen LogP contribution in [0.5, 0.6) is 0 Å². The van der Waals surface area contributed by atoms with Gasteiger partial charge in [-0.05, 0) is 24.1 Å². The molecule has 2 nitrogen and oxygen atoms in total. The second-order valence-corrected chi connectivity index (χ2v) is 5.56. The third-order valence-corrected chi connectivity index (χ3v) is 4.22. The molecule has 1 aromatic carbocycles. The molecule has 3 rings (SSSR count). The fourth-order valence-corrected chi connectivity index (χ4v) is 3.26. The van der Waals surface area contributed by atoms with Crippen molar-refractivity contribution in [1.29, 1.82) is 0 Å². The number of rotatable bonds is 2. The summed E-state index contributed by atoms with van der Waals surface area (Å²) in [5, 5.41) is 10.8. The number of aliphatic hydroxyl groups excluding tert-OH is 1. The van der Waals surface area contributed by atoms with E-state index in [9.17, 15) is 0 Å². The van der Waals surface area contributed by atoms with Gasteiger partial charge in [-0.15, -0.1) is 11.3 Å². The zero-order valence-electron chi connectivity index (χ0n) is 10.6. The minimum Gasteiger partial charge on any atom is -0.384 e. The number of nitrogens with zero attached hydrogens (tertiary/aromatic N) is 1. The van der Waals surface area contributed by atoms with E-state index in [1.54, 1.807) is 11.3 Å². The van der Waals surface area contributed by atoms with Crippen molar-refractivity contribution < 1.29 is 5.11 Å². The summed E-state index contributed by atoms with van der Waals surface area (Å²) in [6.07, 6.45) is 1.14. The fourth-order valence-electron chi connectivity index (χ4n) is 2.43. The van der Waals surface area contributed by atoms with Gasteiger partial charge in [0.2, 0.25) is 0 Å². The molecule has 1 aliphatic rings. The Balaban J connectivity index is 1.74. The Hall–Kier alpha value is -1.76. The number of hydrogen-bond acceptors (Lipinski definition) is 3. The SMILES string of the molecule is OCC#Cc1csc(CN2CCc3ccccc32)c1. The van der Waals surface area contributed by atoms with Crippen LogP contribution in [-0.4, -0.2) is 18.3 Å². The molecule has 2 aromatic rings. The Morgan fingerprint density at radius 3 is 3.11 bits per heavy atom. The fraction of sp³-hybridized carbons (Fsp3) is 0.250. The topological polar surface area (TPSA) is 23.5 Å². The van der Waals surface area contributed by atoms with Crippen molar-refractivity contribution >= 4 is 17.0 Å². The Morgan fingerprint density at radius 2 is 2.21 bits per heavy atom. The maximum absolute atomic E-state index is 8.69. The van der Waals surface area contributed by atoms with Crippen molar-refractivity contribution in [3.05, 3.63) is 51.7 Å². The van der Waals surface area contributed by atoms with E-state index in [2.05, 4.69) is 52.5 Å². The number of aliphatic hydroxyl groups is 1. The molecule has 1 aromatic heterocycles. The van der Waals surface area contributed by atoms with Crippen molar-refractivity contribution in [2.45, 2.75) is 13.0 Å². The average Bonchev–Trinajstić information content (AvgIpc) is 3.05. The molecular formula is C16H15NOS. The van der Waals surface area contributed by atoms with Gasteiger partial charge >= 0.3 is 0 Å². The Kier molecular flexibility index (Phi) is 3.54. The lowest BCUT2D eigenvalue weighted by atomic mass is 10.2. The van der Waals surface area contributed by atoms with Crippen LogP contribution in [0.4, 0.5) is 5.69 Å². The van der Waals surface area contributed by atoms with Gasteiger partial charge in [0, 0.05) is 28.1 Å². The van der Waals surface area contributed by atoms with Crippen LogP contribution in [-0.2, 0) is 13.0 Å². The Bertz CT molecular complexity index is 635. The summed E-state index contributed by atoms with van der Waals surface area (Å²) in [5.74, 6) is 5.64. The molecule has 1 aliphatic heterocycles. The van der Waals surface area contributed by atoms with Gasteiger partial charge in [0.05, 0.1) is 6.54 Å². The summed E-state index contributed by atoms with van der Waals surface area (Å²) >= 11 is 1.74. The number of fused-ring (bicyclic) bond motifs is 1. The monoisotopic (exact) mass is 269 g/mol. The molecule has 2 heterocycles. The molecule has 0 radical (unpaired) electrons. The molecule has 0 fully saturated rings. The molecule has 0 saturated carbocycles. The second-order valence-electron chi connectivity index (χ2n) is 4.56. The summed E-state index contributed by atoms with van der Waals surface area (Å²) in [6.45, 7) is 1.96. The quantitative estimate of drug-likeness (QED) is 0.847. The number of anilines is 1. The van der Waals surface area contributed by atoms with E-state index in [0.29, 0.717) is 0 Å². The van der Waals surface area contributed by atoms with E-state index in [1.165, 1.54) is 16.1 Å². The van der Waals surface area contributed by atoms with Gasteiger partial charge in [-0.1, -0.05) is 30.0 Å². The third kappa shape index (κ3) is 2.65. The molecule has 1 N–H and O–H groups in total. The molecule has 0 spiro atoms. The van der Waals surface area contributed by atoms with Crippen LogP contribution in [0.3, 0.4) is 0 Å². The van der Waals surface area contributed by atoms with Crippen LogP contribution in [0.25, 0.3) is 0 Å². The summed E-state index contributed by atoms with van der Waals surface area (Å²) in [7, 11) is 0. The number of para-hydroxylation sites is 1. The maximum Gasteiger partial charge on any atom is 0.104 e. The van der Waals surface area contributed by atoms with Gasteiger partial charge in [-0.25, -0.2) is 0 Å². The highest BCUT2D eigenvalue weighted by Crippen LogP contribution is 2.29. The third-order valence-electron chi connectivity index (χ3n) is 3.30. The molecule has 0 saturated heterocycles. The summed E-state index contributed by atoms with van der Waals surface area (Å²) < 4.78 is 0. The maximum atomic E-state index is 8.69. The number of hydrogen-bond donors (Lipinski definition) is 1. The first-order valence-electron chi connectivity index (χ1n) is 6.37. The molecule has 0 amide bonds. The largest absolute Gasteiger partial charge is 0.384 e. The van der Waals surface area contributed by atoms with E-state index in [4.69, 9.17) is 5.11 Å². The number of thiophene rings is 1. The van der Waals surface area contributed by atoms with Gasteiger partial charge in [-0.3, -0.25) is 0 Å². The summed E-state index contributed by atoms with van der Waals surface area (Å²) in [5.41, 5.74) is 3.81. The van der Waals surface area contributed by atoms with Crippen LogP contribution in [0.2, 0.25) is 0 Å². The van der Waals surface area contributed by atoms with Crippen LogP contribution >= 0.6 is 11.3 Å². The van der Waals surface area contributed by atoms with Gasteiger partial charge in [0.1, 0.15) is 6.61 Å². The van der Waals surface area contributed by atoms with Crippen molar-refractivity contribution in [2.75, 3.05) is 18.1 Å². The first-order chi connectivity index (χ1) is 9.36. The normalized spacial score (nSPS) is 13.0. The van der Waals surface area contributed by atoms with E-state index < -0.39 is 0 Å². The van der Waals surface area contributed by atoms with Crippen LogP contribution in [0.15, 0.2) is 35.7 Å². The molecular weight excluding hydrogens is 254 g/mol. The molecule has 19 heavy (non-hydrogen) atoms. The summed E-state index contributed by atoms with van der Waals surface area (Å²) in [6, 6.07) is 10.7. The van der Waals surface area contributed by atoms with Crippen LogP contribution in [0, 0.1) is 11.8 Å². The van der Waals surface area contributed by atoms with Crippen molar-refractivity contribution in [3.63, 3.8) is 0 Å². The van der Waals surface area contributed by atoms with E-state index in [-0.39, 0.29) is 6.61 Å². The van der Waals surface area contributed by atoms with Gasteiger partial charge in [0.15, 0.2) is 0 Å². The predicted octanol–water partition coefficient (Wildman–Crippen LogP) is 2.65. The lowest BCUT2D eigenvalue weighted by molar-refractivity contribution is 0.350. The van der Waals surface area contributed by atoms with E-state index in [0.717, 1.165) is 25.1 Å². The minimum atomic E-state index is -0.0787. The highest BCUT2D eigenvalue weighted by molar-refractivity contribution is 7.10. The Morgan fingerprint density at radius 1 is 1.32 bits per heavy atom. The van der Waals surface area contributed by atoms with Crippen molar-refractivity contribution in [2.24, 2.45) is 0 Å². The van der Waals surface area contributed by atoms with E-state index in [1.807, 2.05) is 0 Å². The minimum absolute atomic E-state index is 0.0787. The molecule has 0 atom stereocenters. The van der Waals surface area contributed by atoms with Gasteiger partial charge in [0.25, 0.3) is 0 Å². The smallest absolute Gasteiger partial charge is 0.104 e. The molecule has 0 unspecified atom stereocenters. The zero-order chi connectivity index (χ0) is 13.1. The highest BCUT2D eigenvalue weighted by atomic mass is 32.1. The van der Waals surface area contributed by atoms with E-state index >= 15 is 0 Å². The average molecular weight is 269 g/mol. The molecule has 3 heteroatoms. The van der Waals surface area contributed by atoms with Crippen LogP contribution < -0.4 is 4.90 Å². The summed E-state index contributed by atoms with van der Waals surface area (Å²) in [4.78, 5) is 3.74. The zero-order valence-corrected chi connectivity index (χ0v) is 11.4. The van der Waals surface area contributed by atoms with Gasteiger partial charge in [-0.2, -0.15) is 0 Å². The van der Waals surface area contributed by atoms with Gasteiger partial charge < -0.3 is 10.0 Å². The Labute approximate surface area is 117 Å². The predicted molar refractivity (Wildman–Crippen MR) is 79.5 cm³/mol. The molecule has 0 bridgehead atoms.